The van der Waals surface area contributed by atoms with Gasteiger partial charge in [-0.05, 0) is 85.3 Å². The maximum atomic E-state index is 3.74. The number of halogens is 1. The summed E-state index contributed by atoms with van der Waals surface area (Å²) in [6.07, 6.45) is 5.59. The predicted molar refractivity (Wildman–Crippen MR) is 149 cm³/mol. The molecule has 3 aliphatic rings. The van der Waals surface area contributed by atoms with E-state index in [0.29, 0.717) is 0 Å². The van der Waals surface area contributed by atoms with E-state index >= 15 is 0 Å². The van der Waals surface area contributed by atoms with Crippen LogP contribution in [0.3, 0.4) is 0 Å². The number of fused-ring (bicyclic) bond motifs is 13. The topological polar surface area (TPSA) is 0 Å². The van der Waals surface area contributed by atoms with E-state index in [2.05, 4.69) is 131 Å². The lowest BCUT2D eigenvalue weighted by molar-refractivity contribution is 0.766. The molecule has 0 heterocycles. The Balaban J connectivity index is 1.60. The van der Waals surface area contributed by atoms with Gasteiger partial charge in [0.05, 0.1) is 5.41 Å². The van der Waals surface area contributed by atoms with Gasteiger partial charge in [0.2, 0.25) is 0 Å². The second-order valence-corrected chi connectivity index (χ2v) is 10.7. The molecule has 1 unspecified atom stereocenters. The van der Waals surface area contributed by atoms with Crippen molar-refractivity contribution in [2.45, 2.75) is 11.8 Å². The fraction of sp³-hybridized carbons (Fsp3) is 0.0588. The van der Waals surface area contributed by atoms with Gasteiger partial charge in [0.1, 0.15) is 0 Å². The number of hydrogen-bond donors (Lipinski definition) is 0. The van der Waals surface area contributed by atoms with Crippen molar-refractivity contribution >= 4 is 28.1 Å². The molecule has 0 N–H and O–H groups in total. The van der Waals surface area contributed by atoms with Gasteiger partial charge in [0.25, 0.3) is 0 Å². The lowest BCUT2D eigenvalue weighted by atomic mass is 9.66. The van der Waals surface area contributed by atoms with Crippen molar-refractivity contribution in [1.82, 2.24) is 0 Å². The molecule has 0 nitrogen and oxygen atoms in total. The van der Waals surface area contributed by atoms with Crippen LogP contribution in [0.4, 0.5) is 0 Å². The van der Waals surface area contributed by atoms with Crippen LogP contribution in [-0.4, -0.2) is 0 Å². The largest absolute Gasteiger partial charge is 0.0725 e. The van der Waals surface area contributed by atoms with Crippen LogP contribution in [-0.2, 0) is 11.8 Å². The van der Waals surface area contributed by atoms with Gasteiger partial charge < -0.3 is 0 Å². The fourth-order valence-electron chi connectivity index (χ4n) is 6.89. The van der Waals surface area contributed by atoms with Gasteiger partial charge in [-0.1, -0.05) is 119 Å². The van der Waals surface area contributed by atoms with Gasteiger partial charge in [-0.2, -0.15) is 0 Å². The average molecular weight is 509 g/mol. The second-order valence-electron chi connectivity index (χ2n) is 9.80. The molecule has 3 aliphatic carbocycles. The lowest BCUT2D eigenvalue weighted by Crippen LogP contribution is -2.30. The van der Waals surface area contributed by atoms with Crippen LogP contribution in [0.1, 0.15) is 44.5 Å². The third-order valence-corrected chi connectivity index (χ3v) is 8.68. The molecule has 1 atom stereocenters. The zero-order valence-electron chi connectivity index (χ0n) is 19.1. The molecule has 8 rings (SSSR count). The molecule has 0 aromatic heterocycles. The molecule has 0 fully saturated rings. The van der Waals surface area contributed by atoms with Gasteiger partial charge in [-0.15, -0.1) is 0 Å². The van der Waals surface area contributed by atoms with Crippen molar-refractivity contribution in [1.29, 1.82) is 0 Å². The van der Waals surface area contributed by atoms with Crippen LogP contribution in [0.15, 0.2) is 108 Å². The number of rotatable bonds is 0. The second kappa shape index (κ2) is 6.93. The zero-order chi connectivity index (χ0) is 23.1. The monoisotopic (exact) mass is 508 g/mol. The highest BCUT2D eigenvalue weighted by Crippen LogP contribution is 2.61. The van der Waals surface area contributed by atoms with E-state index in [1.807, 2.05) is 0 Å². The van der Waals surface area contributed by atoms with E-state index in [-0.39, 0.29) is 5.41 Å². The summed E-state index contributed by atoms with van der Waals surface area (Å²) in [5.41, 5.74) is 16.1. The van der Waals surface area contributed by atoms with Gasteiger partial charge >= 0.3 is 0 Å². The molecule has 5 aromatic rings. The quantitative estimate of drug-likeness (QED) is 0.192. The Morgan fingerprint density at radius 2 is 1.20 bits per heavy atom. The Labute approximate surface area is 213 Å². The Kier molecular flexibility index (Phi) is 3.88. The summed E-state index contributed by atoms with van der Waals surface area (Å²) in [6.45, 7) is 0. The minimum absolute atomic E-state index is 0.366. The van der Waals surface area contributed by atoms with Gasteiger partial charge in [0.15, 0.2) is 0 Å². The highest BCUT2D eigenvalue weighted by molar-refractivity contribution is 9.10. The van der Waals surface area contributed by atoms with Gasteiger partial charge in [-0.3, -0.25) is 0 Å². The molecular weight excluding hydrogens is 488 g/mol. The molecule has 0 radical (unpaired) electrons. The highest BCUT2D eigenvalue weighted by Gasteiger charge is 2.49. The Bertz CT molecular complexity index is 1740. The first-order valence-electron chi connectivity index (χ1n) is 12.2. The maximum Gasteiger partial charge on any atom is 0.0725 e. The number of benzene rings is 5. The van der Waals surface area contributed by atoms with Crippen molar-refractivity contribution in [3.8, 4) is 22.3 Å². The SMILES string of the molecule is Brc1ccc2c(c1)C=Cc1ccccc1C21c2ccccc2-c2c1ccc1c2-c2ccccc2C1. The minimum Gasteiger partial charge on any atom is -0.0619 e. The van der Waals surface area contributed by atoms with E-state index in [1.54, 1.807) is 0 Å². The molecule has 164 valence electrons. The van der Waals surface area contributed by atoms with Crippen molar-refractivity contribution in [2.24, 2.45) is 0 Å². The standard InChI is InChI=1S/C34H21Br/c35-25-16-18-29-23(20-25)14-13-21-7-2-5-11-28(21)34(29)30-12-6-4-10-27(30)33-31(34)17-15-24-19-22-8-1-3-9-26(22)32(24)33/h1-18,20H,19H2. The highest BCUT2D eigenvalue weighted by atomic mass is 79.9. The Morgan fingerprint density at radius 3 is 2.11 bits per heavy atom. The first kappa shape index (κ1) is 19.6. The molecule has 0 amide bonds. The van der Waals surface area contributed by atoms with E-state index in [0.717, 1.165) is 10.9 Å². The summed E-state index contributed by atoms with van der Waals surface area (Å²) in [7, 11) is 0. The van der Waals surface area contributed by atoms with Crippen LogP contribution in [0.25, 0.3) is 34.4 Å². The van der Waals surface area contributed by atoms with Crippen molar-refractivity contribution < 1.29 is 0 Å². The normalized spacial score (nSPS) is 17.7. The van der Waals surface area contributed by atoms with Crippen LogP contribution < -0.4 is 0 Å². The maximum absolute atomic E-state index is 3.74. The molecule has 35 heavy (non-hydrogen) atoms. The average Bonchev–Trinajstić information content (AvgIpc) is 3.36. The van der Waals surface area contributed by atoms with Crippen LogP contribution >= 0.6 is 15.9 Å². The third-order valence-electron chi connectivity index (χ3n) is 8.19. The number of hydrogen-bond acceptors (Lipinski definition) is 0. The summed E-state index contributed by atoms with van der Waals surface area (Å²) >= 11 is 3.74. The summed E-state index contributed by atoms with van der Waals surface area (Å²) in [4.78, 5) is 0. The van der Waals surface area contributed by atoms with Crippen LogP contribution in [0.2, 0.25) is 0 Å². The van der Waals surface area contributed by atoms with Crippen LogP contribution in [0.5, 0.6) is 0 Å². The predicted octanol–water partition coefficient (Wildman–Crippen LogP) is 8.87. The van der Waals surface area contributed by atoms with Gasteiger partial charge in [-0.25, -0.2) is 0 Å². The third kappa shape index (κ3) is 2.42. The summed E-state index contributed by atoms with van der Waals surface area (Å²) in [5.74, 6) is 0. The lowest BCUT2D eigenvalue weighted by Gasteiger charge is -2.35. The van der Waals surface area contributed by atoms with E-state index < -0.39 is 0 Å². The molecule has 0 saturated carbocycles. The van der Waals surface area contributed by atoms with Crippen LogP contribution in [0, 0.1) is 0 Å². The van der Waals surface area contributed by atoms with Crippen molar-refractivity contribution in [3.05, 3.63) is 152 Å². The van der Waals surface area contributed by atoms with Gasteiger partial charge in [0, 0.05) is 4.47 Å². The first-order valence-corrected chi connectivity index (χ1v) is 13.0. The van der Waals surface area contributed by atoms with E-state index in [9.17, 15) is 0 Å². The first-order chi connectivity index (χ1) is 17.3. The van der Waals surface area contributed by atoms with Crippen molar-refractivity contribution in [2.75, 3.05) is 0 Å². The van der Waals surface area contributed by atoms with Crippen molar-refractivity contribution in [3.63, 3.8) is 0 Å². The molecule has 0 bridgehead atoms. The smallest absolute Gasteiger partial charge is 0.0619 e. The molecular formula is C34H21Br. The summed E-state index contributed by atoms with van der Waals surface area (Å²) < 4.78 is 1.11. The van der Waals surface area contributed by atoms with E-state index in [4.69, 9.17) is 0 Å². The summed E-state index contributed by atoms with van der Waals surface area (Å²) in [6, 6.07) is 38.6. The minimum atomic E-state index is -0.366. The summed E-state index contributed by atoms with van der Waals surface area (Å²) in [5, 5.41) is 0. The molecule has 1 heteroatoms. The van der Waals surface area contributed by atoms with E-state index in [1.165, 1.54) is 66.8 Å². The molecule has 1 spiro atoms. The molecule has 0 aliphatic heterocycles. The Morgan fingerprint density at radius 1 is 0.514 bits per heavy atom. The molecule has 0 saturated heterocycles. The fourth-order valence-corrected chi connectivity index (χ4v) is 7.27. The Hall–Kier alpha value is -3.68. The molecule has 5 aromatic carbocycles. The zero-order valence-corrected chi connectivity index (χ0v) is 20.6.